The van der Waals surface area contributed by atoms with Crippen molar-refractivity contribution in [1.82, 2.24) is 9.29 Å². The molecule has 0 saturated carbocycles. The number of piperazine rings is 1. The molecule has 0 radical (unpaired) electrons. The van der Waals surface area contributed by atoms with Crippen molar-refractivity contribution in [1.29, 1.82) is 0 Å². The lowest BCUT2D eigenvalue weighted by atomic mass is 10.0. The molecule has 0 unspecified atom stereocenters. The van der Waals surface area contributed by atoms with Gasteiger partial charge in [-0.05, 0) is 42.3 Å². The standard InChI is InChI=1S/C19H21N5O4S/c20-18(26)15-2-1-7-21-19(15)23-8-10-24(11-9-23)29(27,28)14-4-5-16-13(12-14)3-6-17(25)22-16/h1-2,4-5,7,12H,3,6,8-11H2,(H2,20,26)(H,22,25). The zero-order valence-electron chi connectivity index (χ0n) is 15.7. The van der Waals surface area contributed by atoms with Crippen LogP contribution in [0.5, 0.6) is 0 Å². The molecule has 9 nitrogen and oxygen atoms in total. The Balaban J connectivity index is 1.51. The number of pyridine rings is 1. The summed E-state index contributed by atoms with van der Waals surface area (Å²) in [5.74, 6) is -0.153. The van der Waals surface area contributed by atoms with E-state index in [1.165, 1.54) is 10.4 Å². The largest absolute Gasteiger partial charge is 0.365 e. The van der Waals surface area contributed by atoms with Crippen LogP contribution in [-0.4, -0.2) is 55.7 Å². The minimum Gasteiger partial charge on any atom is -0.365 e. The molecule has 152 valence electrons. The number of carbonyl (C=O) groups is 2. The predicted octanol–water partition coefficient (Wildman–Crippen LogP) is 0.576. The number of hydrogen-bond acceptors (Lipinski definition) is 6. The van der Waals surface area contributed by atoms with Crippen molar-refractivity contribution in [2.75, 3.05) is 36.4 Å². The molecule has 1 aromatic carbocycles. The van der Waals surface area contributed by atoms with Crippen LogP contribution in [0.2, 0.25) is 0 Å². The maximum Gasteiger partial charge on any atom is 0.252 e. The van der Waals surface area contributed by atoms with Crippen molar-refractivity contribution in [3.05, 3.63) is 47.7 Å². The number of amides is 2. The van der Waals surface area contributed by atoms with Crippen molar-refractivity contribution < 1.29 is 18.0 Å². The van der Waals surface area contributed by atoms with E-state index in [0.29, 0.717) is 43.0 Å². The average molecular weight is 415 g/mol. The summed E-state index contributed by atoms with van der Waals surface area (Å²) in [6.45, 7) is 1.34. The van der Waals surface area contributed by atoms with Crippen molar-refractivity contribution in [2.24, 2.45) is 5.73 Å². The molecule has 0 bridgehead atoms. The van der Waals surface area contributed by atoms with Gasteiger partial charge in [-0.1, -0.05) is 0 Å². The fourth-order valence-corrected chi connectivity index (χ4v) is 5.12. The Kier molecular flexibility index (Phi) is 4.97. The van der Waals surface area contributed by atoms with Crippen molar-refractivity contribution in [2.45, 2.75) is 17.7 Å². The molecule has 2 aliphatic heterocycles. The number of aryl methyl sites for hydroxylation is 1. The predicted molar refractivity (Wildman–Crippen MR) is 107 cm³/mol. The van der Waals surface area contributed by atoms with Gasteiger partial charge in [0.15, 0.2) is 0 Å². The Morgan fingerprint density at radius 3 is 2.59 bits per heavy atom. The van der Waals surface area contributed by atoms with E-state index in [1.807, 2.05) is 4.90 Å². The van der Waals surface area contributed by atoms with Gasteiger partial charge in [-0.2, -0.15) is 4.31 Å². The lowest BCUT2D eigenvalue weighted by Gasteiger charge is -2.35. The molecule has 2 aromatic rings. The number of fused-ring (bicyclic) bond motifs is 1. The number of carbonyl (C=O) groups excluding carboxylic acids is 2. The minimum atomic E-state index is -3.66. The van der Waals surface area contributed by atoms with Gasteiger partial charge in [-0.15, -0.1) is 0 Å². The van der Waals surface area contributed by atoms with Crippen LogP contribution in [0.25, 0.3) is 0 Å². The normalized spacial score (nSPS) is 17.5. The quantitative estimate of drug-likeness (QED) is 0.752. The third-order valence-corrected chi connectivity index (χ3v) is 7.09. The molecular weight excluding hydrogens is 394 g/mol. The van der Waals surface area contributed by atoms with E-state index in [9.17, 15) is 18.0 Å². The highest BCUT2D eigenvalue weighted by atomic mass is 32.2. The lowest BCUT2D eigenvalue weighted by Crippen LogP contribution is -2.49. The first-order valence-electron chi connectivity index (χ1n) is 9.29. The van der Waals surface area contributed by atoms with E-state index < -0.39 is 15.9 Å². The summed E-state index contributed by atoms with van der Waals surface area (Å²) in [5.41, 5.74) is 7.23. The average Bonchev–Trinajstić information content (AvgIpc) is 2.73. The van der Waals surface area contributed by atoms with Crippen LogP contribution in [0.15, 0.2) is 41.4 Å². The smallest absolute Gasteiger partial charge is 0.252 e. The number of primary amides is 1. The molecule has 3 N–H and O–H groups in total. The molecule has 3 heterocycles. The SMILES string of the molecule is NC(=O)c1cccnc1N1CCN(S(=O)(=O)c2ccc3c(c2)CCC(=O)N3)CC1. The van der Waals surface area contributed by atoms with Gasteiger partial charge in [0, 0.05) is 44.5 Å². The Morgan fingerprint density at radius 1 is 1.10 bits per heavy atom. The first-order chi connectivity index (χ1) is 13.9. The van der Waals surface area contributed by atoms with Gasteiger partial charge in [-0.25, -0.2) is 13.4 Å². The number of aromatic nitrogens is 1. The molecule has 0 aliphatic carbocycles. The molecule has 1 saturated heterocycles. The number of hydrogen-bond donors (Lipinski definition) is 2. The fraction of sp³-hybridized carbons (Fsp3) is 0.316. The van der Waals surface area contributed by atoms with Crippen LogP contribution in [0.4, 0.5) is 11.5 Å². The Morgan fingerprint density at radius 2 is 1.86 bits per heavy atom. The number of nitrogens with zero attached hydrogens (tertiary/aromatic N) is 3. The van der Waals surface area contributed by atoms with E-state index in [4.69, 9.17) is 5.73 Å². The molecule has 2 aliphatic rings. The summed E-state index contributed by atoms with van der Waals surface area (Å²) in [4.78, 5) is 29.5. The van der Waals surface area contributed by atoms with E-state index in [1.54, 1.807) is 30.5 Å². The van der Waals surface area contributed by atoms with E-state index in [-0.39, 0.29) is 23.9 Å². The fourth-order valence-electron chi connectivity index (χ4n) is 3.65. The number of nitrogens with one attached hydrogen (secondary N) is 1. The van der Waals surface area contributed by atoms with Gasteiger partial charge in [0.1, 0.15) is 5.82 Å². The molecule has 1 fully saturated rings. The summed E-state index contributed by atoms with van der Waals surface area (Å²) < 4.78 is 27.6. The van der Waals surface area contributed by atoms with Gasteiger partial charge >= 0.3 is 0 Å². The third kappa shape index (κ3) is 3.68. The maximum absolute atomic E-state index is 13.1. The second-order valence-electron chi connectivity index (χ2n) is 7.00. The molecule has 1 aromatic heterocycles. The van der Waals surface area contributed by atoms with E-state index in [2.05, 4.69) is 10.3 Å². The van der Waals surface area contributed by atoms with E-state index in [0.717, 1.165) is 5.56 Å². The monoisotopic (exact) mass is 415 g/mol. The summed E-state index contributed by atoms with van der Waals surface area (Å²) in [5, 5.41) is 2.76. The number of sulfonamides is 1. The van der Waals surface area contributed by atoms with Gasteiger partial charge in [0.25, 0.3) is 5.91 Å². The summed E-state index contributed by atoms with van der Waals surface area (Å²) in [6.07, 6.45) is 2.45. The van der Waals surface area contributed by atoms with Gasteiger partial charge in [0.05, 0.1) is 10.5 Å². The Labute approximate surface area is 168 Å². The highest BCUT2D eigenvalue weighted by molar-refractivity contribution is 7.89. The van der Waals surface area contributed by atoms with Crippen molar-refractivity contribution in [3.63, 3.8) is 0 Å². The Bertz CT molecular complexity index is 1080. The van der Waals surface area contributed by atoms with Crippen LogP contribution in [0, 0.1) is 0 Å². The van der Waals surface area contributed by atoms with Crippen molar-refractivity contribution in [3.8, 4) is 0 Å². The first-order valence-corrected chi connectivity index (χ1v) is 10.7. The lowest BCUT2D eigenvalue weighted by molar-refractivity contribution is -0.116. The molecule has 4 rings (SSSR count). The van der Waals surface area contributed by atoms with Crippen LogP contribution < -0.4 is 16.0 Å². The molecular formula is C19H21N5O4S. The third-order valence-electron chi connectivity index (χ3n) is 5.20. The first kappa shape index (κ1) is 19.3. The molecule has 10 heteroatoms. The number of anilines is 2. The zero-order valence-corrected chi connectivity index (χ0v) is 16.5. The summed E-state index contributed by atoms with van der Waals surface area (Å²) in [6, 6.07) is 8.06. The van der Waals surface area contributed by atoms with Crippen molar-refractivity contribution >= 4 is 33.3 Å². The number of nitrogens with two attached hydrogens (primary N) is 1. The summed E-state index contributed by atoms with van der Waals surface area (Å²) >= 11 is 0. The minimum absolute atomic E-state index is 0.0610. The highest BCUT2D eigenvalue weighted by Crippen LogP contribution is 2.28. The van der Waals surface area contributed by atoms with Crippen LogP contribution in [0.1, 0.15) is 22.3 Å². The maximum atomic E-state index is 13.1. The van der Waals surface area contributed by atoms with Crippen LogP contribution in [0.3, 0.4) is 0 Å². The number of rotatable bonds is 4. The van der Waals surface area contributed by atoms with Gasteiger partial charge in [0.2, 0.25) is 15.9 Å². The molecule has 2 amide bonds. The van der Waals surface area contributed by atoms with Crippen LogP contribution >= 0.6 is 0 Å². The zero-order chi connectivity index (χ0) is 20.6. The Hall–Kier alpha value is -2.98. The van der Waals surface area contributed by atoms with Gasteiger partial charge in [-0.3, -0.25) is 9.59 Å². The summed E-state index contributed by atoms with van der Waals surface area (Å²) in [7, 11) is -3.66. The van der Waals surface area contributed by atoms with E-state index >= 15 is 0 Å². The topological polar surface area (TPSA) is 126 Å². The number of benzene rings is 1. The molecule has 29 heavy (non-hydrogen) atoms. The second kappa shape index (κ2) is 7.45. The highest BCUT2D eigenvalue weighted by Gasteiger charge is 2.31. The second-order valence-corrected chi connectivity index (χ2v) is 8.94. The molecule has 0 atom stereocenters. The molecule has 0 spiro atoms. The van der Waals surface area contributed by atoms with Gasteiger partial charge < -0.3 is 16.0 Å². The van der Waals surface area contributed by atoms with Crippen LogP contribution in [-0.2, 0) is 21.2 Å².